The Morgan fingerprint density at radius 1 is 0.862 bits per heavy atom. The Kier molecular flexibility index (Phi) is 9.10. The Balaban J connectivity index is 2.09. The Morgan fingerprint density at radius 2 is 1.38 bits per heavy atom. The molecule has 0 fully saturated rings. The van der Waals surface area contributed by atoms with Gasteiger partial charge in [0.05, 0.1) is 6.07 Å². The van der Waals surface area contributed by atoms with Crippen LogP contribution in [0.1, 0.15) is 52.9 Å². The summed E-state index contributed by atoms with van der Waals surface area (Å²) in [4.78, 5) is 0. The van der Waals surface area contributed by atoms with Gasteiger partial charge in [-0.15, -0.1) is 0 Å². The molecule has 0 aliphatic carbocycles. The molecular formula is C25H35NO2Si. The molecule has 1 atom stereocenters. The molecule has 3 nitrogen and oxygen atoms in total. The van der Waals surface area contributed by atoms with E-state index in [4.69, 9.17) is 14.4 Å². The number of benzene rings is 2. The summed E-state index contributed by atoms with van der Waals surface area (Å²) in [6.45, 7) is 7.70. The van der Waals surface area contributed by atoms with E-state index in [-0.39, 0.29) is 11.1 Å². The van der Waals surface area contributed by atoms with Crippen LogP contribution in [0.5, 0.6) is 0 Å². The van der Waals surface area contributed by atoms with Gasteiger partial charge in [-0.25, -0.2) is 0 Å². The van der Waals surface area contributed by atoms with E-state index in [1.54, 1.807) is 7.11 Å². The molecule has 1 unspecified atom stereocenters. The summed E-state index contributed by atoms with van der Waals surface area (Å²) < 4.78 is 12.0. The van der Waals surface area contributed by atoms with Crippen molar-refractivity contribution in [3.63, 3.8) is 0 Å². The van der Waals surface area contributed by atoms with Gasteiger partial charge in [-0.1, -0.05) is 94.3 Å². The lowest BCUT2D eigenvalue weighted by molar-refractivity contribution is 0.136. The largest absolute Gasteiger partial charge is 0.407 e. The van der Waals surface area contributed by atoms with E-state index in [9.17, 15) is 0 Å². The van der Waals surface area contributed by atoms with Crippen LogP contribution in [0.4, 0.5) is 0 Å². The van der Waals surface area contributed by atoms with E-state index < -0.39 is 8.32 Å². The monoisotopic (exact) mass is 409 g/mol. The van der Waals surface area contributed by atoms with Crippen LogP contribution in [0.2, 0.25) is 5.04 Å². The summed E-state index contributed by atoms with van der Waals surface area (Å²) in [5.41, 5.74) is 0. The second-order valence-electron chi connectivity index (χ2n) is 8.57. The average Bonchev–Trinajstić information content (AvgIpc) is 2.73. The predicted molar refractivity (Wildman–Crippen MR) is 123 cm³/mol. The lowest BCUT2D eigenvalue weighted by Gasteiger charge is -2.43. The molecule has 156 valence electrons. The number of rotatable bonds is 11. The second kappa shape index (κ2) is 11.3. The molecule has 0 saturated carbocycles. The highest BCUT2D eigenvalue weighted by molar-refractivity contribution is 6.99. The average molecular weight is 410 g/mol. The van der Waals surface area contributed by atoms with E-state index >= 15 is 0 Å². The van der Waals surface area contributed by atoms with Crippen molar-refractivity contribution in [2.75, 3.05) is 13.7 Å². The number of nitrogens with zero attached hydrogens (tertiary/aromatic N) is 1. The predicted octanol–water partition coefficient (Wildman–Crippen LogP) is 5.05. The molecule has 0 aliphatic rings. The van der Waals surface area contributed by atoms with Gasteiger partial charge in [0.25, 0.3) is 8.32 Å². The number of hydrogen-bond donors (Lipinski definition) is 0. The lowest BCUT2D eigenvalue weighted by atomic mass is 10.1. The molecule has 0 aliphatic heterocycles. The molecule has 0 radical (unpaired) electrons. The summed E-state index contributed by atoms with van der Waals surface area (Å²) >= 11 is 0. The van der Waals surface area contributed by atoms with Gasteiger partial charge in [0, 0.05) is 13.7 Å². The van der Waals surface area contributed by atoms with Crippen molar-refractivity contribution in [2.45, 2.75) is 64.0 Å². The first-order valence-corrected chi connectivity index (χ1v) is 12.5. The molecule has 0 spiro atoms. The molecule has 0 N–H and O–H groups in total. The first-order chi connectivity index (χ1) is 14.0. The minimum absolute atomic E-state index is 0.0220. The Morgan fingerprint density at radius 3 is 1.83 bits per heavy atom. The third kappa shape index (κ3) is 6.02. The third-order valence-electron chi connectivity index (χ3n) is 5.52. The van der Waals surface area contributed by atoms with E-state index in [0.29, 0.717) is 0 Å². The molecule has 0 bridgehead atoms. The van der Waals surface area contributed by atoms with Crippen LogP contribution < -0.4 is 10.4 Å². The van der Waals surface area contributed by atoms with Gasteiger partial charge in [-0.05, 0) is 34.7 Å². The van der Waals surface area contributed by atoms with Crippen LogP contribution in [-0.2, 0) is 9.16 Å². The van der Waals surface area contributed by atoms with Crippen LogP contribution in [-0.4, -0.2) is 28.1 Å². The van der Waals surface area contributed by atoms with Crippen LogP contribution >= 0.6 is 0 Å². The number of hydrogen-bond acceptors (Lipinski definition) is 3. The van der Waals surface area contributed by atoms with E-state index in [1.165, 1.54) is 10.4 Å². The second-order valence-corrected chi connectivity index (χ2v) is 12.9. The van der Waals surface area contributed by atoms with Gasteiger partial charge in [-0.2, -0.15) is 5.26 Å². The van der Waals surface area contributed by atoms with Crippen LogP contribution in [0.3, 0.4) is 0 Å². The zero-order chi connectivity index (χ0) is 21.2. The maximum Gasteiger partial charge on any atom is 0.261 e. The smallest absolute Gasteiger partial charge is 0.261 e. The minimum atomic E-state index is -2.41. The van der Waals surface area contributed by atoms with Crippen LogP contribution in [0, 0.1) is 11.3 Å². The van der Waals surface area contributed by atoms with Gasteiger partial charge in [0.15, 0.2) is 0 Å². The maximum atomic E-state index is 8.96. The van der Waals surface area contributed by atoms with Crippen LogP contribution in [0.25, 0.3) is 0 Å². The first kappa shape index (κ1) is 23.3. The molecular weight excluding hydrogens is 374 g/mol. The fourth-order valence-electron chi connectivity index (χ4n) is 4.01. The van der Waals surface area contributed by atoms with Gasteiger partial charge < -0.3 is 9.16 Å². The molecule has 2 rings (SSSR count). The summed E-state index contributed by atoms with van der Waals surface area (Å²) in [5, 5.41) is 11.6. The summed E-state index contributed by atoms with van der Waals surface area (Å²) in [6.07, 6.45) is 4.80. The van der Waals surface area contributed by atoms with Crippen molar-refractivity contribution in [3.8, 4) is 6.07 Å². The molecule has 0 amide bonds. The van der Waals surface area contributed by atoms with Gasteiger partial charge in [-0.3, -0.25) is 0 Å². The highest BCUT2D eigenvalue weighted by Gasteiger charge is 2.49. The molecule has 0 heterocycles. The Hall–Kier alpha value is -1.93. The summed E-state index contributed by atoms with van der Waals surface area (Å²) in [7, 11) is -0.808. The van der Waals surface area contributed by atoms with Gasteiger partial charge >= 0.3 is 0 Å². The zero-order valence-electron chi connectivity index (χ0n) is 18.4. The van der Waals surface area contributed by atoms with Crippen molar-refractivity contribution in [3.05, 3.63) is 60.7 Å². The third-order valence-corrected chi connectivity index (χ3v) is 10.6. The molecule has 2 aromatic carbocycles. The summed E-state index contributed by atoms with van der Waals surface area (Å²) in [5.74, 6) is 0. The SMILES string of the molecule is COC(C#N)CCCCCCO[Si](c1ccccc1)(c1ccccc1)C(C)(C)C. The number of ether oxygens (including phenoxy) is 1. The number of methoxy groups -OCH3 is 1. The standard InChI is InChI=1S/C25H35NO2Si/c1-25(2,3)29(23-16-10-7-11-17-23,24-18-12-8-13-19-24)28-20-14-6-5-9-15-22(21-26)27-4/h7-8,10-13,16-19,22H,5-6,9,14-15,20H2,1-4H3. The van der Waals surface area contributed by atoms with Crippen molar-refractivity contribution in [2.24, 2.45) is 0 Å². The molecule has 29 heavy (non-hydrogen) atoms. The van der Waals surface area contributed by atoms with Crippen molar-refractivity contribution in [1.82, 2.24) is 0 Å². The van der Waals surface area contributed by atoms with Gasteiger partial charge in [0.1, 0.15) is 6.10 Å². The number of nitriles is 1. The zero-order valence-corrected chi connectivity index (χ0v) is 19.4. The van der Waals surface area contributed by atoms with Crippen molar-refractivity contribution < 1.29 is 9.16 Å². The molecule has 0 aromatic heterocycles. The normalized spacial score (nSPS) is 13.1. The fraction of sp³-hybridized carbons (Fsp3) is 0.480. The topological polar surface area (TPSA) is 42.2 Å². The lowest BCUT2D eigenvalue weighted by Crippen LogP contribution is -2.66. The van der Waals surface area contributed by atoms with E-state index in [2.05, 4.69) is 87.5 Å². The van der Waals surface area contributed by atoms with E-state index in [1.807, 2.05) is 0 Å². The van der Waals surface area contributed by atoms with Crippen LogP contribution in [0.15, 0.2) is 60.7 Å². The fourth-order valence-corrected chi connectivity index (χ4v) is 8.61. The first-order valence-electron chi connectivity index (χ1n) is 10.6. The van der Waals surface area contributed by atoms with Crippen molar-refractivity contribution in [1.29, 1.82) is 5.26 Å². The van der Waals surface area contributed by atoms with Gasteiger partial charge in [0.2, 0.25) is 0 Å². The highest BCUT2D eigenvalue weighted by Crippen LogP contribution is 2.36. The van der Waals surface area contributed by atoms with Crippen molar-refractivity contribution >= 4 is 18.7 Å². The Bertz CT molecular complexity index is 710. The maximum absolute atomic E-state index is 8.96. The summed E-state index contributed by atoms with van der Waals surface area (Å²) in [6, 6.07) is 23.8. The quantitative estimate of drug-likeness (QED) is 0.385. The molecule has 2 aromatic rings. The number of unbranched alkanes of at least 4 members (excludes halogenated alkanes) is 3. The molecule has 4 heteroatoms. The highest BCUT2D eigenvalue weighted by atomic mass is 28.4. The Labute approximate surface area is 177 Å². The van der Waals surface area contributed by atoms with E-state index in [0.717, 1.165) is 38.7 Å². The minimum Gasteiger partial charge on any atom is -0.407 e. The molecule has 0 saturated heterocycles.